The fourth-order valence-corrected chi connectivity index (χ4v) is 3.80. The second kappa shape index (κ2) is 7.06. The number of carbonyl (C=O) groups excluding carboxylic acids is 1. The van der Waals surface area contributed by atoms with Gasteiger partial charge < -0.3 is 4.90 Å². The van der Waals surface area contributed by atoms with Gasteiger partial charge in [-0.15, -0.1) is 0 Å². The highest BCUT2D eigenvalue weighted by Gasteiger charge is 2.40. The number of likely N-dealkylation sites (tertiary alicyclic amines) is 1. The van der Waals surface area contributed by atoms with Crippen LogP contribution in [0.2, 0.25) is 0 Å². The van der Waals surface area contributed by atoms with Crippen molar-refractivity contribution >= 4 is 5.91 Å². The number of amides is 1. The molecule has 0 aromatic carbocycles. The van der Waals surface area contributed by atoms with Crippen LogP contribution in [-0.2, 0) is 17.8 Å². The zero-order valence-electron chi connectivity index (χ0n) is 15.3. The number of halogens is 3. The SMILES string of the molecule is Cc1cnc(Cn2nc3n(c2=O)[C@H](C(=O)N2CC(F)C(F)C2)CCC3)c(F)c1. The van der Waals surface area contributed by atoms with Crippen molar-refractivity contribution in [3.8, 4) is 0 Å². The Hall–Kier alpha value is -2.65. The van der Waals surface area contributed by atoms with Crippen LogP contribution in [0.3, 0.4) is 0 Å². The second-order valence-electron chi connectivity index (χ2n) is 7.35. The minimum Gasteiger partial charge on any atom is -0.335 e. The number of alkyl halides is 2. The van der Waals surface area contributed by atoms with Gasteiger partial charge in [-0.05, 0) is 31.4 Å². The Morgan fingerprint density at radius 2 is 2.00 bits per heavy atom. The maximum absolute atomic E-state index is 14.1. The van der Waals surface area contributed by atoms with Gasteiger partial charge in [0.1, 0.15) is 17.7 Å². The van der Waals surface area contributed by atoms with E-state index in [1.807, 2.05) is 0 Å². The van der Waals surface area contributed by atoms with E-state index in [0.717, 1.165) is 9.58 Å². The molecule has 1 saturated heterocycles. The third-order valence-electron chi connectivity index (χ3n) is 5.26. The van der Waals surface area contributed by atoms with Crippen molar-refractivity contribution in [1.29, 1.82) is 0 Å². The highest BCUT2D eigenvalue weighted by molar-refractivity contribution is 5.81. The number of hydrogen-bond donors (Lipinski definition) is 0. The van der Waals surface area contributed by atoms with E-state index in [1.54, 1.807) is 6.92 Å². The first-order chi connectivity index (χ1) is 13.3. The smallest absolute Gasteiger partial charge is 0.335 e. The molecule has 0 N–H and O–H groups in total. The molecule has 2 unspecified atom stereocenters. The van der Waals surface area contributed by atoms with E-state index in [1.165, 1.54) is 16.8 Å². The van der Waals surface area contributed by atoms with E-state index >= 15 is 0 Å². The molecule has 7 nitrogen and oxygen atoms in total. The van der Waals surface area contributed by atoms with Gasteiger partial charge in [-0.1, -0.05) is 0 Å². The minimum absolute atomic E-state index is 0.0751. The number of pyridine rings is 1. The first kappa shape index (κ1) is 18.7. The molecule has 2 aromatic rings. The Morgan fingerprint density at radius 3 is 2.68 bits per heavy atom. The number of hydrogen-bond acceptors (Lipinski definition) is 4. The topological polar surface area (TPSA) is 73.0 Å². The van der Waals surface area contributed by atoms with E-state index < -0.39 is 35.8 Å². The molecular weight excluding hydrogens is 375 g/mol. The number of carbonyl (C=O) groups is 1. The molecule has 3 atom stereocenters. The van der Waals surface area contributed by atoms with Crippen LogP contribution in [0.5, 0.6) is 0 Å². The van der Waals surface area contributed by atoms with Crippen molar-refractivity contribution in [3.05, 3.63) is 45.6 Å². The summed E-state index contributed by atoms with van der Waals surface area (Å²) in [6.45, 7) is 0.926. The monoisotopic (exact) mass is 395 g/mol. The van der Waals surface area contributed by atoms with Crippen molar-refractivity contribution in [2.24, 2.45) is 0 Å². The average molecular weight is 395 g/mol. The van der Waals surface area contributed by atoms with Crippen molar-refractivity contribution in [2.45, 2.75) is 51.1 Å². The highest BCUT2D eigenvalue weighted by atomic mass is 19.2. The van der Waals surface area contributed by atoms with Crippen molar-refractivity contribution in [2.75, 3.05) is 13.1 Å². The van der Waals surface area contributed by atoms with Crippen LogP contribution in [0, 0.1) is 12.7 Å². The first-order valence-electron chi connectivity index (χ1n) is 9.21. The molecule has 0 bridgehead atoms. The third-order valence-corrected chi connectivity index (χ3v) is 5.26. The fraction of sp³-hybridized carbons (Fsp3) is 0.556. The lowest BCUT2D eigenvalue weighted by atomic mass is 10.0. The number of fused-ring (bicyclic) bond motifs is 1. The van der Waals surface area contributed by atoms with E-state index in [0.29, 0.717) is 30.7 Å². The lowest BCUT2D eigenvalue weighted by Crippen LogP contribution is -2.42. The van der Waals surface area contributed by atoms with Crippen LogP contribution < -0.4 is 5.69 Å². The molecular formula is C18H20F3N5O2. The summed E-state index contributed by atoms with van der Waals surface area (Å²) in [7, 11) is 0. The van der Waals surface area contributed by atoms with Gasteiger partial charge >= 0.3 is 5.69 Å². The summed E-state index contributed by atoms with van der Waals surface area (Å²) in [4.78, 5) is 30.8. The van der Waals surface area contributed by atoms with Gasteiger partial charge in [-0.25, -0.2) is 22.6 Å². The summed E-state index contributed by atoms with van der Waals surface area (Å²) in [6.07, 6.45) is -0.411. The van der Waals surface area contributed by atoms with E-state index in [9.17, 15) is 22.8 Å². The summed E-state index contributed by atoms with van der Waals surface area (Å²) in [5, 5.41) is 4.24. The zero-order chi connectivity index (χ0) is 20.0. The summed E-state index contributed by atoms with van der Waals surface area (Å²) in [5.74, 6) is -0.606. The third kappa shape index (κ3) is 3.20. The molecule has 150 valence electrons. The van der Waals surface area contributed by atoms with E-state index in [4.69, 9.17) is 0 Å². The molecule has 0 radical (unpaired) electrons. The van der Waals surface area contributed by atoms with Crippen molar-refractivity contribution in [3.63, 3.8) is 0 Å². The van der Waals surface area contributed by atoms with E-state index in [-0.39, 0.29) is 25.3 Å². The number of aryl methyl sites for hydroxylation is 2. The van der Waals surface area contributed by atoms with Gasteiger partial charge in [-0.3, -0.25) is 14.3 Å². The maximum Gasteiger partial charge on any atom is 0.347 e. The number of aromatic nitrogens is 4. The number of rotatable bonds is 3. The second-order valence-corrected chi connectivity index (χ2v) is 7.35. The van der Waals surface area contributed by atoms with Crippen LogP contribution in [0.1, 0.15) is 36.0 Å². The Kier molecular flexibility index (Phi) is 4.72. The molecule has 2 aliphatic heterocycles. The summed E-state index contributed by atoms with van der Waals surface area (Å²) >= 11 is 0. The van der Waals surface area contributed by atoms with Crippen LogP contribution in [0.4, 0.5) is 13.2 Å². The van der Waals surface area contributed by atoms with Gasteiger partial charge in [0.2, 0.25) is 5.91 Å². The first-order valence-corrected chi connectivity index (χ1v) is 9.21. The number of nitrogens with zero attached hydrogens (tertiary/aromatic N) is 5. The Balaban J connectivity index is 1.63. The molecule has 2 aliphatic rings. The molecule has 0 spiro atoms. The highest BCUT2D eigenvalue weighted by Crippen LogP contribution is 2.27. The van der Waals surface area contributed by atoms with Crippen LogP contribution in [0.15, 0.2) is 17.1 Å². The quantitative estimate of drug-likeness (QED) is 0.786. The van der Waals surface area contributed by atoms with Gasteiger partial charge in [0.15, 0.2) is 12.3 Å². The normalized spacial score (nSPS) is 24.4. The molecule has 4 rings (SSSR count). The largest absolute Gasteiger partial charge is 0.347 e. The summed E-state index contributed by atoms with van der Waals surface area (Å²) < 4.78 is 43.4. The predicted molar refractivity (Wildman–Crippen MR) is 92.9 cm³/mol. The molecule has 2 aromatic heterocycles. The average Bonchev–Trinajstić information content (AvgIpc) is 3.16. The lowest BCUT2D eigenvalue weighted by Gasteiger charge is -2.26. The van der Waals surface area contributed by atoms with Gasteiger partial charge in [0.05, 0.1) is 25.3 Å². The minimum atomic E-state index is -1.71. The maximum atomic E-state index is 14.1. The van der Waals surface area contributed by atoms with Gasteiger partial charge in [-0.2, -0.15) is 5.10 Å². The van der Waals surface area contributed by atoms with Crippen LogP contribution >= 0.6 is 0 Å². The Bertz CT molecular complexity index is 963. The molecule has 0 saturated carbocycles. The fourth-order valence-electron chi connectivity index (χ4n) is 3.80. The molecule has 0 aliphatic carbocycles. The van der Waals surface area contributed by atoms with Crippen LogP contribution in [-0.4, -0.2) is 55.6 Å². The summed E-state index contributed by atoms with van der Waals surface area (Å²) in [6, 6.07) is 0.474. The Morgan fingerprint density at radius 1 is 1.29 bits per heavy atom. The van der Waals surface area contributed by atoms with E-state index in [2.05, 4.69) is 10.1 Å². The van der Waals surface area contributed by atoms with Gasteiger partial charge in [0.25, 0.3) is 0 Å². The van der Waals surface area contributed by atoms with Crippen molar-refractivity contribution < 1.29 is 18.0 Å². The lowest BCUT2D eigenvalue weighted by molar-refractivity contribution is -0.134. The summed E-state index contributed by atoms with van der Waals surface area (Å²) in [5.41, 5.74) is 0.181. The standard InChI is InChI=1S/C18H20F3N5O2/c1-10-5-11(19)14(22-6-10)9-25-18(28)26-15(3-2-4-16(26)23-25)17(27)24-7-12(20)13(21)8-24/h5-6,12-13,15H,2-4,7-9H2,1H3/t12?,13?,15-/m0/s1. The predicted octanol–water partition coefficient (Wildman–Crippen LogP) is 1.33. The molecule has 10 heteroatoms. The zero-order valence-corrected chi connectivity index (χ0v) is 15.3. The van der Waals surface area contributed by atoms with Crippen LogP contribution in [0.25, 0.3) is 0 Å². The molecule has 1 amide bonds. The molecule has 28 heavy (non-hydrogen) atoms. The molecule has 4 heterocycles. The van der Waals surface area contributed by atoms with Gasteiger partial charge in [0, 0.05) is 12.6 Å². The Labute approximate surface area is 158 Å². The van der Waals surface area contributed by atoms with Crippen molar-refractivity contribution in [1.82, 2.24) is 24.2 Å². The molecule has 1 fully saturated rings.